The van der Waals surface area contributed by atoms with Crippen LogP contribution in [0.15, 0.2) is 11.1 Å². The Balaban J connectivity index is 1.43. The van der Waals surface area contributed by atoms with E-state index in [1.54, 1.807) is 0 Å². The van der Waals surface area contributed by atoms with Crippen molar-refractivity contribution in [3.8, 4) is 0 Å². The number of hydrogen-bond donors (Lipinski definition) is 0. The third kappa shape index (κ3) is 3.89. The fraction of sp³-hybridized carbons (Fsp3) is 0.862. The average Bonchev–Trinajstić information content (AvgIpc) is 3.15. The fourth-order valence-corrected chi connectivity index (χ4v) is 9.06. The van der Waals surface area contributed by atoms with Gasteiger partial charge in [0.15, 0.2) is 5.79 Å². The lowest BCUT2D eigenvalue weighted by atomic mass is 9.46. The summed E-state index contributed by atoms with van der Waals surface area (Å²) in [6, 6.07) is 0. The molecule has 0 aliphatic heterocycles. The number of rotatable bonds is 5. The predicted octanol–water partition coefficient (Wildman–Crippen LogP) is 6.14. The van der Waals surface area contributed by atoms with Crippen molar-refractivity contribution in [2.75, 3.05) is 13.7 Å². The third-order valence-corrected chi connectivity index (χ3v) is 10.8. The predicted molar refractivity (Wildman–Crippen MR) is 130 cm³/mol. The topological polar surface area (TPSA) is 61.8 Å². The zero-order valence-corrected chi connectivity index (χ0v) is 21.8. The standard InChI is InChI=1S/C29H44O5/c1-19-16-22-23-8-9-26(34-29(32-4)12-6-5-7-13-29)27(23,3)14-11-24(22)28(18-33-20(2)30)15-10-21(31)17-25(19)28/h22-24,26H,5-18H2,1-4H3/t22-,23-,24+,26?,27-,28-/m0/s1. The summed E-state index contributed by atoms with van der Waals surface area (Å²) in [4.78, 5) is 24.3. The van der Waals surface area contributed by atoms with Gasteiger partial charge in [-0.15, -0.1) is 0 Å². The maximum absolute atomic E-state index is 12.5. The molecule has 0 saturated heterocycles. The Hall–Kier alpha value is -1.20. The summed E-state index contributed by atoms with van der Waals surface area (Å²) in [6.07, 6.45) is 13.6. The SMILES string of the molecule is COC1(OC2CC[C@H]3[C@@H]4CC(C)=C5CC(=O)CC[C@]5(COC(C)=O)[C@@H]4CC[C@]23C)CCCCC1. The molecule has 4 fully saturated rings. The molecule has 0 aromatic heterocycles. The Morgan fingerprint density at radius 3 is 2.50 bits per heavy atom. The number of fused-ring (bicyclic) bond motifs is 5. The molecular formula is C29H44O5. The molecular weight excluding hydrogens is 428 g/mol. The van der Waals surface area contributed by atoms with Crippen molar-refractivity contribution in [1.82, 2.24) is 0 Å². The lowest BCUT2D eigenvalue weighted by Crippen LogP contribution is -2.55. The summed E-state index contributed by atoms with van der Waals surface area (Å²) >= 11 is 0. The molecule has 0 aromatic carbocycles. The Morgan fingerprint density at radius 2 is 1.79 bits per heavy atom. The molecule has 5 nitrogen and oxygen atoms in total. The molecule has 5 heteroatoms. The molecule has 190 valence electrons. The molecule has 0 aromatic rings. The smallest absolute Gasteiger partial charge is 0.302 e. The zero-order chi connectivity index (χ0) is 24.1. The number of carbonyl (C=O) groups excluding carboxylic acids is 2. The second-order valence-electron chi connectivity index (χ2n) is 12.4. The van der Waals surface area contributed by atoms with Gasteiger partial charge in [-0.2, -0.15) is 0 Å². The third-order valence-electron chi connectivity index (χ3n) is 10.8. The molecule has 0 radical (unpaired) electrons. The maximum atomic E-state index is 12.5. The van der Waals surface area contributed by atoms with Crippen LogP contribution < -0.4 is 0 Å². The quantitative estimate of drug-likeness (QED) is 0.273. The number of ether oxygens (including phenoxy) is 3. The van der Waals surface area contributed by atoms with Gasteiger partial charge in [0.2, 0.25) is 0 Å². The van der Waals surface area contributed by atoms with Gasteiger partial charge in [0.1, 0.15) is 12.4 Å². The van der Waals surface area contributed by atoms with Gasteiger partial charge in [-0.1, -0.05) is 24.5 Å². The van der Waals surface area contributed by atoms with E-state index in [1.807, 2.05) is 7.11 Å². The fourth-order valence-electron chi connectivity index (χ4n) is 9.06. The highest BCUT2D eigenvalue weighted by molar-refractivity contribution is 5.83. The Kier molecular flexibility index (Phi) is 6.50. The van der Waals surface area contributed by atoms with Crippen LogP contribution in [0.2, 0.25) is 0 Å². The summed E-state index contributed by atoms with van der Waals surface area (Å²) in [5.41, 5.74) is 2.70. The van der Waals surface area contributed by atoms with Gasteiger partial charge in [0.25, 0.3) is 0 Å². The van der Waals surface area contributed by atoms with Crippen LogP contribution in [-0.4, -0.2) is 37.4 Å². The molecule has 0 spiro atoms. The van der Waals surface area contributed by atoms with E-state index in [-0.39, 0.29) is 22.9 Å². The largest absolute Gasteiger partial charge is 0.465 e. The van der Waals surface area contributed by atoms with Gasteiger partial charge in [-0.05, 0) is 81.5 Å². The van der Waals surface area contributed by atoms with Crippen molar-refractivity contribution in [3.63, 3.8) is 0 Å². The molecule has 5 rings (SSSR count). The molecule has 0 heterocycles. The highest BCUT2D eigenvalue weighted by atomic mass is 16.7. The molecule has 6 atom stereocenters. The highest BCUT2D eigenvalue weighted by Gasteiger charge is 2.62. The molecule has 5 aliphatic rings. The summed E-state index contributed by atoms with van der Waals surface area (Å²) < 4.78 is 18.7. The lowest BCUT2D eigenvalue weighted by molar-refractivity contribution is -0.279. The van der Waals surface area contributed by atoms with Crippen LogP contribution in [-0.2, 0) is 23.8 Å². The van der Waals surface area contributed by atoms with Crippen molar-refractivity contribution < 1.29 is 23.8 Å². The van der Waals surface area contributed by atoms with E-state index in [0.717, 1.165) is 44.9 Å². The van der Waals surface area contributed by atoms with Gasteiger partial charge >= 0.3 is 5.97 Å². The van der Waals surface area contributed by atoms with Crippen LogP contribution in [0.1, 0.15) is 104 Å². The van der Waals surface area contributed by atoms with Crippen LogP contribution in [0.4, 0.5) is 0 Å². The van der Waals surface area contributed by atoms with Gasteiger partial charge in [0, 0.05) is 45.1 Å². The first-order valence-corrected chi connectivity index (χ1v) is 13.8. The van der Waals surface area contributed by atoms with E-state index in [9.17, 15) is 9.59 Å². The van der Waals surface area contributed by atoms with E-state index >= 15 is 0 Å². The average molecular weight is 473 g/mol. The number of hydrogen-bond acceptors (Lipinski definition) is 5. The minimum absolute atomic E-state index is 0.149. The van der Waals surface area contributed by atoms with Crippen LogP contribution in [0.25, 0.3) is 0 Å². The summed E-state index contributed by atoms with van der Waals surface area (Å²) in [5, 5.41) is 0. The number of Topliss-reactive ketones (excluding diaryl/α,β-unsaturated/α-hetero) is 1. The van der Waals surface area contributed by atoms with Crippen LogP contribution >= 0.6 is 0 Å². The molecule has 34 heavy (non-hydrogen) atoms. The van der Waals surface area contributed by atoms with Gasteiger partial charge in [0.05, 0.1) is 6.10 Å². The van der Waals surface area contributed by atoms with Gasteiger partial charge in [-0.3, -0.25) is 9.59 Å². The minimum Gasteiger partial charge on any atom is -0.465 e. The molecule has 0 amide bonds. The normalized spacial score (nSPS) is 41.5. The van der Waals surface area contributed by atoms with Crippen molar-refractivity contribution in [1.29, 1.82) is 0 Å². The van der Waals surface area contributed by atoms with E-state index in [2.05, 4.69) is 13.8 Å². The molecule has 0 bridgehead atoms. The van der Waals surface area contributed by atoms with Crippen molar-refractivity contribution >= 4 is 11.8 Å². The second kappa shape index (κ2) is 9.03. The highest BCUT2D eigenvalue weighted by Crippen LogP contribution is 2.66. The van der Waals surface area contributed by atoms with Gasteiger partial charge in [-0.25, -0.2) is 0 Å². The first-order chi connectivity index (χ1) is 16.2. The molecule has 4 saturated carbocycles. The number of esters is 1. The van der Waals surface area contributed by atoms with Crippen molar-refractivity contribution in [2.45, 2.75) is 116 Å². The zero-order valence-electron chi connectivity index (χ0n) is 21.8. The van der Waals surface area contributed by atoms with Crippen LogP contribution in [0, 0.1) is 28.6 Å². The lowest BCUT2D eigenvalue weighted by Gasteiger charge is -2.59. The first-order valence-electron chi connectivity index (χ1n) is 13.8. The molecule has 5 aliphatic carbocycles. The van der Waals surface area contributed by atoms with Crippen molar-refractivity contribution in [3.05, 3.63) is 11.1 Å². The van der Waals surface area contributed by atoms with E-state index in [0.29, 0.717) is 43.0 Å². The molecule has 1 unspecified atom stereocenters. The Labute approximate surface area is 205 Å². The number of methoxy groups -OCH3 is 1. The van der Waals surface area contributed by atoms with Crippen molar-refractivity contribution in [2.24, 2.45) is 28.6 Å². The maximum Gasteiger partial charge on any atom is 0.302 e. The van der Waals surface area contributed by atoms with E-state index in [1.165, 1.54) is 43.8 Å². The van der Waals surface area contributed by atoms with Crippen LogP contribution in [0.3, 0.4) is 0 Å². The monoisotopic (exact) mass is 472 g/mol. The van der Waals surface area contributed by atoms with E-state index < -0.39 is 5.79 Å². The molecule has 0 N–H and O–H groups in total. The second-order valence-corrected chi connectivity index (χ2v) is 12.4. The van der Waals surface area contributed by atoms with Crippen LogP contribution in [0.5, 0.6) is 0 Å². The Morgan fingerprint density at radius 1 is 1.03 bits per heavy atom. The first kappa shape index (κ1) is 24.5. The number of allylic oxidation sites excluding steroid dienone is 1. The number of ketones is 1. The minimum atomic E-state index is -0.395. The van der Waals surface area contributed by atoms with E-state index in [4.69, 9.17) is 14.2 Å². The summed E-state index contributed by atoms with van der Waals surface area (Å²) in [5.74, 6) is 1.41. The summed E-state index contributed by atoms with van der Waals surface area (Å²) in [6.45, 7) is 6.67. The number of carbonyl (C=O) groups is 2. The Bertz CT molecular complexity index is 855. The van der Waals surface area contributed by atoms with Gasteiger partial charge < -0.3 is 14.2 Å². The summed E-state index contributed by atoms with van der Waals surface area (Å²) in [7, 11) is 1.83.